The molecule has 0 aromatic heterocycles. The van der Waals surface area contributed by atoms with Crippen LogP contribution < -0.4 is 0 Å². The van der Waals surface area contributed by atoms with Gasteiger partial charge in [-0.1, -0.05) is 37.3 Å². The molecule has 6 aliphatic rings. The molecule has 10 heteroatoms. The van der Waals surface area contributed by atoms with Crippen molar-refractivity contribution in [2.45, 2.75) is 80.2 Å². The smallest absolute Gasteiger partial charge is 0.120 e. The zero-order valence-corrected chi connectivity index (χ0v) is 25.3. The average molecular weight is 590 g/mol. The van der Waals surface area contributed by atoms with Gasteiger partial charge in [0.1, 0.15) is 23.4 Å². The number of ether oxygens (including phenoxy) is 5. The molecule has 1 aliphatic heterocycles. The van der Waals surface area contributed by atoms with Crippen molar-refractivity contribution in [3.05, 3.63) is 35.9 Å². The summed E-state index contributed by atoms with van der Waals surface area (Å²) in [6.45, 7) is 3.93. The van der Waals surface area contributed by atoms with Crippen LogP contribution in [-0.2, 0) is 30.3 Å². The van der Waals surface area contributed by atoms with Crippen LogP contribution in [0.1, 0.15) is 25.3 Å². The third kappa shape index (κ3) is 3.20. The molecule has 234 valence electrons. The van der Waals surface area contributed by atoms with Crippen molar-refractivity contribution in [3.63, 3.8) is 0 Å². The van der Waals surface area contributed by atoms with Crippen LogP contribution in [0.4, 0.5) is 0 Å². The maximum absolute atomic E-state index is 13.2. The molecular weight excluding hydrogens is 542 g/mol. The van der Waals surface area contributed by atoms with Gasteiger partial charge in [0.25, 0.3) is 0 Å². The molecule has 4 N–H and O–H groups in total. The van der Waals surface area contributed by atoms with Crippen LogP contribution in [0.15, 0.2) is 30.3 Å². The number of nitrogens with zero attached hydrogens (tertiary/aromatic N) is 1. The van der Waals surface area contributed by atoms with Gasteiger partial charge in [0.2, 0.25) is 0 Å². The molecule has 42 heavy (non-hydrogen) atoms. The van der Waals surface area contributed by atoms with Crippen LogP contribution in [-0.4, -0.2) is 127 Å². The van der Waals surface area contributed by atoms with Crippen LogP contribution in [0.3, 0.4) is 0 Å². The van der Waals surface area contributed by atoms with Crippen LogP contribution >= 0.6 is 0 Å². The monoisotopic (exact) mass is 589 g/mol. The minimum absolute atomic E-state index is 0.214. The number of aliphatic hydroxyl groups excluding tert-OH is 2. The van der Waals surface area contributed by atoms with Gasteiger partial charge in [-0.2, -0.15) is 0 Å². The fourth-order valence-corrected chi connectivity index (χ4v) is 12.0. The first-order valence-electron chi connectivity index (χ1n) is 15.4. The summed E-state index contributed by atoms with van der Waals surface area (Å²) in [6.07, 6.45) is -4.14. The van der Waals surface area contributed by atoms with E-state index in [0.717, 1.165) is 5.56 Å². The van der Waals surface area contributed by atoms with Crippen molar-refractivity contribution in [1.82, 2.24) is 4.90 Å². The van der Waals surface area contributed by atoms with Crippen molar-refractivity contribution in [3.8, 4) is 0 Å². The highest BCUT2D eigenvalue weighted by atomic mass is 16.5. The van der Waals surface area contributed by atoms with Crippen molar-refractivity contribution in [1.29, 1.82) is 0 Å². The molecule has 10 nitrogen and oxygen atoms in total. The summed E-state index contributed by atoms with van der Waals surface area (Å²) in [5.41, 5.74) is -3.58. The molecule has 1 saturated heterocycles. The van der Waals surface area contributed by atoms with Crippen molar-refractivity contribution < 1.29 is 44.1 Å². The SMILES string of the molecule is CCN1C[C@@]2(COC)C3C(OC)C4C1[C@@]3(C1C[C@@]3(O)C(OCc5ccccc5)C1[C@]4(O)[C@@H](O)[C@@H]3OC)[C@@H](OC)C[C@H]2O. The van der Waals surface area contributed by atoms with E-state index in [0.29, 0.717) is 26.1 Å². The Labute approximate surface area is 247 Å². The Balaban J connectivity index is 1.47. The van der Waals surface area contributed by atoms with Crippen LogP contribution in [0.5, 0.6) is 0 Å². The molecule has 15 atom stereocenters. The first kappa shape index (κ1) is 29.5. The Morgan fingerprint density at radius 3 is 2.31 bits per heavy atom. The number of benzene rings is 1. The topological polar surface area (TPSA) is 130 Å². The number of hydrogen-bond donors (Lipinski definition) is 4. The van der Waals surface area contributed by atoms with E-state index >= 15 is 0 Å². The fraction of sp³-hybridized carbons (Fsp3) is 0.812. The molecule has 1 spiro atoms. The lowest BCUT2D eigenvalue weighted by atomic mass is 9.42. The van der Waals surface area contributed by atoms with Gasteiger partial charge >= 0.3 is 0 Å². The highest BCUT2D eigenvalue weighted by Gasteiger charge is 2.90. The second kappa shape index (κ2) is 9.91. The zero-order valence-electron chi connectivity index (χ0n) is 25.3. The Kier molecular flexibility index (Phi) is 6.97. The molecule has 0 radical (unpaired) electrons. The zero-order chi connectivity index (χ0) is 29.8. The molecule has 5 saturated carbocycles. The second-order valence-electron chi connectivity index (χ2n) is 13.9. The highest BCUT2D eigenvalue weighted by Crippen LogP contribution is 2.80. The number of rotatable bonds is 9. The number of fused-ring (bicyclic) bond motifs is 2. The summed E-state index contributed by atoms with van der Waals surface area (Å²) in [6, 6.07) is 9.57. The number of likely N-dealkylation sites (tertiary alicyclic amines) is 1. The maximum atomic E-state index is 13.2. The Bertz CT molecular complexity index is 1170. The van der Waals surface area contributed by atoms with E-state index in [9.17, 15) is 20.4 Å². The summed E-state index contributed by atoms with van der Waals surface area (Å²) < 4.78 is 31.1. The van der Waals surface area contributed by atoms with Gasteiger partial charge < -0.3 is 44.1 Å². The van der Waals surface area contributed by atoms with E-state index < -0.39 is 64.4 Å². The second-order valence-corrected chi connectivity index (χ2v) is 13.9. The number of aliphatic hydroxyl groups is 4. The molecule has 7 unspecified atom stereocenters. The van der Waals surface area contributed by atoms with Gasteiger partial charge in [-0.05, 0) is 24.4 Å². The minimum Gasteiger partial charge on any atom is -0.392 e. The van der Waals surface area contributed by atoms with Crippen LogP contribution in [0.25, 0.3) is 0 Å². The van der Waals surface area contributed by atoms with E-state index in [1.807, 2.05) is 30.3 Å². The molecular formula is C32H47NO9. The number of piperidine rings is 1. The first-order chi connectivity index (χ1) is 20.2. The van der Waals surface area contributed by atoms with Crippen LogP contribution in [0.2, 0.25) is 0 Å². The third-order valence-corrected chi connectivity index (χ3v) is 12.9. The van der Waals surface area contributed by atoms with Crippen LogP contribution in [0, 0.1) is 34.5 Å². The van der Waals surface area contributed by atoms with Gasteiger partial charge in [-0.3, -0.25) is 4.90 Å². The summed E-state index contributed by atoms with van der Waals surface area (Å²) in [4.78, 5) is 2.35. The standard InChI is InChI=1S/C32H47NO9/c1-6-33-15-29(16-38-2)19(34)12-20(39-3)31-18-13-30(36)27(42-14-17-10-8-7-9-11-17)21(18)32(37,26(35)28(30)41-5)22(25(31)33)23(40-4)24(29)31/h7-11,18-28,34-37H,6,12-16H2,1-5H3/t18?,19-,20+,21?,22?,23?,24?,25?,26+,27?,28+,29+,30-,31+,32-/m1/s1. The molecule has 1 aromatic rings. The van der Waals surface area contributed by atoms with Crippen molar-refractivity contribution in [2.24, 2.45) is 34.5 Å². The predicted molar refractivity (Wildman–Crippen MR) is 150 cm³/mol. The van der Waals surface area contributed by atoms with E-state index in [4.69, 9.17) is 23.7 Å². The third-order valence-electron chi connectivity index (χ3n) is 12.9. The fourth-order valence-electron chi connectivity index (χ4n) is 12.0. The largest absolute Gasteiger partial charge is 0.392 e. The molecule has 7 bridgehead atoms. The Morgan fingerprint density at radius 1 is 0.952 bits per heavy atom. The molecule has 1 heterocycles. The Morgan fingerprint density at radius 2 is 1.69 bits per heavy atom. The molecule has 5 aliphatic carbocycles. The Hall–Kier alpha value is -1.18. The summed E-state index contributed by atoms with van der Waals surface area (Å²) in [7, 11) is 6.51. The van der Waals surface area contributed by atoms with Gasteiger partial charge in [0.15, 0.2) is 0 Å². The number of hydrogen-bond acceptors (Lipinski definition) is 10. The summed E-state index contributed by atoms with van der Waals surface area (Å²) >= 11 is 0. The van der Waals surface area contributed by atoms with E-state index in [2.05, 4.69) is 11.8 Å². The van der Waals surface area contributed by atoms with Crippen molar-refractivity contribution >= 4 is 0 Å². The lowest BCUT2D eigenvalue weighted by Gasteiger charge is -2.70. The van der Waals surface area contributed by atoms with Gasteiger partial charge in [0, 0.05) is 76.0 Å². The lowest BCUT2D eigenvalue weighted by molar-refractivity contribution is -0.326. The van der Waals surface area contributed by atoms with Gasteiger partial charge in [-0.25, -0.2) is 0 Å². The number of methoxy groups -OCH3 is 4. The van der Waals surface area contributed by atoms with Crippen molar-refractivity contribution in [2.75, 3.05) is 48.1 Å². The molecule has 6 fully saturated rings. The first-order valence-corrected chi connectivity index (χ1v) is 15.4. The summed E-state index contributed by atoms with van der Waals surface area (Å²) in [5.74, 6) is -1.71. The summed E-state index contributed by atoms with van der Waals surface area (Å²) in [5, 5.41) is 49.8. The molecule has 7 rings (SSSR count). The quantitative estimate of drug-likeness (QED) is 0.322. The van der Waals surface area contributed by atoms with Gasteiger partial charge in [-0.15, -0.1) is 0 Å². The minimum atomic E-state index is -1.69. The van der Waals surface area contributed by atoms with E-state index in [1.54, 1.807) is 21.3 Å². The van der Waals surface area contributed by atoms with Gasteiger partial charge in [0.05, 0.1) is 37.6 Å². The lowest BCUT2D eigenvalue weighted by Crippen LogP contribution is -2.81. The highest BCUT2D eigenvalue weighted by molar-refractivity contribution is 5.40. The normalized spacial score (nSPS) is 53.9. The maximum Gasteiger partial charge on any atom is 0.120 e. The predicted octanol–water partition coefficient (Wildman–Crippen LogP) is 0.437. The molecule has 0 amide bonds. The van der Waals surface area contributed by atoms with E-state index in [1.165, 1.54) is 7.11 Å². The molecule has 1 aromatic carbocycles. The average Bonchev–Trinajstić information content (AvgIpc) is 3.38. The van der Waals surface area contributed by atoms with E-state index in [-0.39, 0.29) is 37.0 Å².